The van der Waals surface area contributed by atoms with Crippen molar-refractivity contribution in [3.05, 3.63) is 34.9 Å². The predicted molar refractivity (Wildman–Crippen MR) is 123 cm³/mol. The molecule has 5 nitrogen and oxygen atoms in total. The van der Waals surface area contributed by atoms with Crippen LogP contribution in [0.3, 0.4) is 0 Å². The van der Waals surface area contributed by atoms with Crippen molar-refractivity contribution in [1.29, 1.82) is 0 Å². The lowest BCUT2D eigenvalue weighted by Gasteiger charge is -2.45. The number of nitrogens with one attached hydrogen (secondary N) is 1. The molecule has 2 fully saturated rings. The number of benzene rings is 1. The van der Waals surface area contributed by atoms with Crippen LogP contribution in [0.2, 0.25) is 5.02 Å². The minimum Gasteiger partial charge on any atom is -0.379 e. The number of hydrogen-bond acceptors (Lipinski definition) is 4. The summed E-state index contributed by atoms with van der Waals surface area (Å²) in [4.78, 5) is 17.7. The van der Waals surface area contributed by atoms with Crippen LogP contribution in [0.5, 0.6) is 0 Å². The summed E-state index contributed by atoms with van der Waals surface area (Å²) in [6.45, 7) is 12.4. The summed E-state index contributed by atoms with van der Waals surface area (Å²) in [5.74, 6) is 1.40. The second kappa shape index (κ2) is 12.0. The van der Waals surface area contributed by atoms with Crippen molar-refractivity contribution in [2.75, 3.05) is 52.5 Å². The van der Waals surface area contributed by atoms with Crippen LogP contribution in [0.1, 0.15) is 38.7 Å². The lowest BCUT2D eigenvalue weighted by Crippen LogP contribution is -2.54. The highest BCUT2D eigenvalue weighted by atomic mass is 35.5. The number of halogens is 1. The van der Waals surface area contributed by atoms with Crippen molar-refractivity contribution in [1.82, 2.24) is 15.1 Å². The third-order valence-electron chi connectivity index (χ3n) is 6.28. The molecular weight excluding hydrogens is 398 g/mol. The zero-order valence-corrected chi connectivity index (χ0v) is 19.4. The van der Waals surface area contributed by atoms with Crippen LogP contribution in [-0.4, -0.2) is 74.2 Å². The van der Waals surface area contributed by atoms with E-state index in [2.05, 4.69) is 35.0 Å². The van der Waals surface area contributed by atoms with Crippen LogP contribution in [0.15, 0.2) is 24.3 Å². The molecule has 2 aliphatic heterocycles. The first-order valence-corrected chi connectivity index (χ1v) is 11.9. The fourth-order valence-electron chi connectivity index (χ4n) is 4.89. The summed E-state index contributed by atoms with van der Waals surface area (Å²) in [7, 11) is 0. The third kappa shape index (κ3) is 7.52. The van der Waals surface area contributed by atoms with E-state index in [4.69, 9.17) is 16.3 Å². The van der Waals surface area contributed by atoms with E-state index >= 15 is 0 Å². The summed E-state index contributed by atoms with van der Waals surface area (Å²) >= 11 is 6.04. The van der Waals surface area contributed by atoms with Gasteiger partial charge in [0, 0.05) is 50.2 Å². The van der Waals surface area contributed by atoms with Gasteiger partial charge in [0.1, 0.15) is 0 Å². The van der Waals surface area contributed by atoms with E-state index in [1.807, 2.05) is 18.2 Å². The predicted octanol–water partition coefficient (Wildman–Crippen LogP) is 3.46. The molecule has 1 N–H and O–H groups in total. The Labute approximate surface area is 187 Å². The quantitative estimate of drug-likeness (QED) is 0.645. The SMILES string of the molecule is CC(C)CN1CC[C@@H](N2CCOCC2)[C@@H](CCC(=O)NCCc2cccc(Cl)c2)C1. The number of morpholine rings is 1. The van der Waals surface area contributed by atoms with Crippen LogP contribution < -0.4 is 5.32 Å². The van der Waals surface area contributed by atoms with Gasteiger partial charge in [-0.05, 0) is 55.3 Å². The number of rotatable bonds is 9. The minimum absolute atomic E-state index is 0.165. The standard InChI is InChI=1S/C24H38ClN3O2/c1-19(2)17-27-11-9-23(28-12-14-30-15-13-28)21(18-27)6-7-24(29)26-10-8-20-4-3-5-22(25)16-20/h3-5,16,19,21,23H,6-15,17-18H2,1-2H3,(H,26,29)/t21-,23+/m0/s1. The molecule has 0 saturated carbocycles. The lowest BCUT2D eigenvalue weighted by atomic mass is 9.86. The summed E-state index contributed by atoms with van der Waals surface area (Å²) < 4.78 is 5.56. The molecule has 1 aromatic carbocycles. The van der Waals surface area contributed by atoms with Crippen molar-refractivity contribution in [2.45, 2.75) is 45.6 Å². The summed E-state index contributed by atoms with van der Waals surface area (Å²) in [5, 5.41) is 3.85. The van der Waals surface area contributed by atoms with Gasteiger partial charge in [-0.3, -0.25) is 9.69 Å². The largest absolute Gasteiger partial charge is 0.379 e. The number of carbonyl (C=O) groups excluding carboxylic acids is 1. The number of nitrogens with zero attached hydrogens (tertiary/aromatic N) is 2. The Morgan fingerprint density at radius 2 is 2.07 bits per heavy atom. The minimum atomic E-state index is 0.165. The molecule has 3 rings (SSSR count). The molecule has 2 atom stereocenters. The number of carbonyl (C=O) groups is 1. The molecule has 0 bridgehead atoms. The zero-order valence-electron chi connectivity index (χ0n) is 18.6. The lowest BCUT2D eigenvalue weighted by molar-refractivity contribution is -0.121. The van der Waals surface area contributed by atoms with Crippen LogP contribution in [0, 0.1) is 11.8 Å². The van der Waals surface area contributed by atoms with Gasteiger partial charge in [0.25, 0.3) is 0 Å². The van der Waals surface area contributed by atoms with Crippen molar-refractivity contribution < 1.29 is 9.53 Å². The Balaban J connectivity index is 1.47. The van der Waals surface area contributed by atoms with Crippen molar-refractivity contribution >= 4 is 17.5 Å². The second-order valence-electron chi connectivity index (χ2n) is 9.19. The van der Waals surface area contributed by atoms with Gasteiger partial charge in [0.15, 0.2) is 0 Å². The maximum absolute atomic E-state index is 12.5. The molecule has 2 aliphatic rings. The average molecular weight is 436 g/mol. The van der Waals surface area contributed by atoms with Crippen molar-refractivity contribution in [3.63, 3.8) is 0 Å². The van der Waals surface area contributed by atoms with E-state index in [0.29, 0.717) is 30.8 Å². The topological polar surface area (TPSA) is 44.8 Å². The first kappa shape index (κ1) is 23.5. The highest BCUT2D eigenvalue weighted by Crippen LogP contribution is 2.27. The molecule has 2 saturated heterocycles. The molecule has 2 heterocycles. The molecule has 0 spiro atoms. The summed E-state index contributed by atoms with van der Waals surface area (Å²) in [6.07, 6.45) is 3.58. The molecule has 30 heavy (non-hydrogen) atoms. The maximum Gasteiger partial charge on any atom is 0.220 e. The van der Waals surface area contributed by atoms with Crippen LogP contribution in [-0.2, 0) is 16.0 Å². The van der Waals surface area contributed by atoms with E-state index in [0.717, 1.165) is 62.8 Å². The van der Waals surface area contributed by atoms with Gasteiger partial charge in [0.05, 0.1) is 13.2 Å². The maximum atomic E-state index is 12.5. The number of piperidine rings is 1. The van der Waals surface area contributed by atoms with Gasteiger partial charge < -0.3 is 15.0 Å². The molecule has 1 amide bonds. The van der Waals surface area contributed by atoms with Gasteiger partial charge in [-0.25, -0.2) is 0 Å². The Bertz CT molecular complexity index is 664. The van der Waals surface area contributed by atoms with E-state index in [1.165, 1.54) is 13.0 Å². The van der Waals surface area contributed by atoms with E-state index < -0.39 is 0 Å². The van der Waals surface area contributed by atoms with Crippen LogP contribution in [0.4, 0.5) is 0 Å². The molecule has 0 aromatic heterocycles. The normalized spacial score (nSPS) is 23.6. The molecule has 0 radical (unpaired) electrons. The van der Waals surface area contributed by atoms with Gasteiger partial charge >= 0.3 is 0 Å². The Kier molecular flexibility index (Phi) is 9.44. The molecule has 0 aliphatic carbocycles. The fraction of sp³-hybridized carbons (Fsp3) is 0.708. The number of hydrogen-bond donors (Lipinski definition) is 1. The summed E-state index contributed by atoms with van der Waals surface area (Å²) in [5.41, 5.74) is 1.16. The van der Waals surface area contributed by atoms with Crippen molar-refractivity contribution in [2.24, 2.45) is 11.8 Å². The third-order valence-corrected chi connectivity index (χ3v) is 6.52. The van der Waals surface area contributed by atoms with Crippen molar-refractivity contribution in [3.8, 4) is 0 Å². The Morgan fingerprint density at radius 1 is 1.27 bits per heavy atom. The molecule has 1 aromatic rings. The van der Waals surface area contributed by atoms with Gasteiger partial charge in [-0.1, -0.05) is 37.6 Å². The molecule has 0 unspecified atom stereocenters. The summed E-state index contributed by atoms with van der Waals surface area (Å²) in [6, 6.07) is 8.43. The smallest absolute Gasteiger partial charge is 0.220 e. The number of likely N-dealkylation sites (tertiary alicyclic amines) is 1. The highest BCUT2D eigenvalue weighted by molar-refractivity contribution is 6.30. The van der Waals surface area contributed by atoms with E-state index in [9.17, 15) is 4.79 Å². The Hall–Kier alpha value is -1.14. The fourth-order valence-corrected chi connectivity index (χ4v) is 5.11. The van der Waals surface area contributed by atoms with Gasteiger partial charge in [-0.2, -0.15) is 0 Å². The molecular formula is C24H38ClN3O2. The van der Waals surface area contributed by atoms with E-state index in [-0.39, 0.29) is 5.91 Å². The zero-order chi connectivity index (χ0) is 21.3. The average Bonchev–Trinajstić information content (AvgIpc) is 2.73. The van der Waals surface area contributed by atoms with Gasteiger partial charge in [-0.15, -0.1) is 0 Å². The van der Waals surface area contributed by atoms with Crippen LogP contribution in [0.25, 0.3) is 0 Å². The highest BCUT2D eigenvalue weighted by Gasteiger charge is 2.34. The second-order valence-corrected chi connectivity index (χ2v) is 9.62. The van der Waals surface area contributed by atoms with Crippen LogP contribution >= 0.6 is 11.6 Å². The molecule has 168 valence electrons. The number of ether oxygens (including phenoxy) is 1. The number of amides is 1. The monoisotopic (exact) mass is 435 g/mol. The van der Waals surface area contributed by atoms with E-state index in [1.54, 1.807) is 0 Å². The molecule has 6 heteroatoms. The Morgan fingerprint density at radius 3 is 2.80 bits per heavy atom. The first-order valence-electron chi connectivity index (χ1n) is 11.6. The first-order chi connectivity index (χ1) is 14.5. The van der Waals surface area contributed by atoms with Gasteiger partial charge in [0.2, 0.25) is 5.91 Å².